The number of amides is 1. The minimum atomic E-state index is -0.164. The predicted octanol–water partition coefficient (Wildman–Crippen LogP) is 2.51. The Kier molecular flexibility index (Phi) is 3.62. The molecule has 90 valence electrons. The summed E-state index contributed by atoms with van der Waals surface area (Å²) < 4.78 is 0. The van der Waals surface area contributed by atoms with Gasteiger partial charge in [0.2, 0.25) is 5.91 Å². The van der Waals surface area contributed by atoms with E-state index >= 15 is 0 Å². The smallest absolute Gasteiger partial charge is 0.249 e. The Hall–Kier alpha value is -0.860. The summed E-state index contributed by atoms with van der Waals surface area (Å²) in [6, 6.07) is -0.164. The Bertz CT molecular complexity index is 290. The number of carbonyl (C=O) groups excluding carboxylic acids is 1. The van der Waals surface area contributed by atoms with E-state index in [0.717, 1.165) is 11.8 Å². The van der Waals surface area contributed by atoms with E-state index in [-0.39, 0.29) is 11.9 Å². The third kappa shape index (κ3) is 2.45. The molecule has 0 aromatic rings. The summed E-state index contributed by atoms with van der Waals surface area (Å²) in [6.45, 7) is 4.13. The topological polar surface area (TPSA) is 41.5 Å². The number of rotatable bonds is 3. The monoisotopic (exact) mass is 222 g/mol. The molecule has 0 bridgehead atoms. The minimum absolute atomic E-state index is 0.0747. The molecule has 1 fully saturated rings. The van der Waals surface area contributed by atoms with Gasteiger partial charge < -0.3 is 5.32 Å². The highest BCUT2D eigenvalue weighted by Crippen LogP contribution is 2.32. The summed E-state index contributed by atoms with van der Waals surface area (Å²) in [5.74, 6) is 2.47. The summed E-state index contributed by atoms with van der Waals surface area (Å²) in [5, 5.41) is 2.93. The van der Waals surface area contributed by atoms with Crippen LogP contribution in [0.4, 0.5) is 0 Å². The molecule has 16 heavy (non-hydrogen) atoms. The lowest BCUT2D eigenvalue weighted by Gasteiger charge is -2.28. The maximum atomic E-state index is 11.4. The number of nitrogens with one attached hydrogen (secondary N) is 1. The lowest BCUT2D eigenvalue weighted by atomic mass is 9.79. The van der Waals surface area contributed by atoms with Crippen molar-refractivity contribution in [3.05, 3.63) is 0 Å². The van der Waals surface area contributed by atoms with Crippen molar-refractivity contribution in [3.8, 4) is 0 Å². The van der Waals surface area contributed by atoms with Gasteiger partial charge in [0.15, 0.2) is 0 Å². The molecular weight excluding hydrogens is 200 g/mol. The van der Waals surface area contributed by atoms with Crippen LogP contribution in [0.5, 0.6) is 0 Å². The molecule has 1 unspecified atom stereocenters. The van der Waals surface area contributed by atoms with Crippen molar-refractivity contribution in [1.82, 2.24) is 5.32 Å². The average Bonchev–Trinajstić information content (AvgIpc) is 2.61. The number of carbonyl (C=O) groups is 1. The molecule has 1 amide bonds. The van der Waals surface area contributed by atoms with Crippen LogP contribution < -0.4 is 5.32 Å². The largest absolute Gasteiger partial charge is 0.312 e. The van der Waals surface area contributed by atoms with Crippen LogP contribution in [0.25, 0.3) is 0 Å². The second-order valence-corrected chi connectivity index (χ2v) is 5.19. The van der Waals surface area contributed by atoms with E-state index in [1.165, 1.54) is 38.5 Å². The molecule has 0 aromatic heterocycles. The summed E-state index contributed by atoms with van der Waals surface area (Å²) in [5.41, 5.74) is 0. The van der Waals surface area contributed by atoms with Gasteiger partial charge in [0, 0.05) is 5.92 Å². The highest BCUT2D eigenvalue weighted by molar-refractivity contribution is 6.06. The Morgan fingerprint density at radius 3 is 2.50 bits per heavy atom. The number of amidine groups is 1. The van der Waals surface area contributed by atoms with Crippen LogP contribution in [0, 0.1) is 11.8 Å². The van der Waals surface area contributed by atoms with E-state index in [1.54, 1.807) is 0 Å². The molecule has 0 saturated heterocycles. The van der Waals surface area contributed by atoms with Crippen LogP contribution in [-0.4, -0.2) is 17.8 Å². The Balaban J connectivity index is 1.85. The maximum Gasteiger partial charge on any atom is 0.249 e. The molecule has 2 rings (SSSR count). The van der Waals surface area contributed by atoms with Gasteiger partial charge in [0.05, 0.1) is 0 Å². The lowest BCUT2D eigenvalue weighted by molar-refractivity contribution is -0.119. The maximum absolute atomic E-state index is 11.4. The zero-order valence-electron chi connectivity index (χ0n) is 10.3. The average molecular weight is 222 g/mol. The molecule has 1 N–H and O–H groups in total. The third-order valence-electron chi connectivity index (χ3n) is 3.89. The Morgan fingerprint density at radius 1 is 1.31 bits per heavy atom. The van der Waals surface area contributed by atoms with Gasteiger partial charge >= 0.3 is 0 Å². The van der Waals surface area contributed by atoms with Crippen molar-refractivity contribution in [2.75, 3.05) is 0 Å². The summed E-state index contributed by atoms with van der Waals surface area (Å²) in [4.78, 5) is 15.8. The number of hydrogen-bond donors (Lipinski definition) is 1. The van der Waals surface area contributed by atoms with Crippen LogP contribution >= 0.6 is 0 Å². The van der Waals surface area contributed by atoms with Gasteiger partial charge in [-0.25, -0.2) is 0 Å². The van der Waals surface area contributed by atoms with Crippen molar-refractivity contribution in [1.29, 1.82) is 0 Å². The van der Waals surface area contributed by atoms with E-state index in [2.05, 4.69) is 17.2 Å². The van der Waals surface area contributed by atoms with Crippen molar-refractivity contribution in [2.45, 2.75) is 58.4 Å². The molecule has 1 saturated carbocycles. The molecule has 1 aliphatic carbocycles. The van der Waals surface area contributed by atoms with E-state index in [1.807, 2.05) is 6.92 Å². The van der Waals surface area contributed by atoms with Gasteiger partial charge in [-0.05, 0) is 38.5 Å². The van der Waals surface area contributed by atoms with Gasteiger partial charge in [-0.1, -0.05) is 19.8 Å². The minimum Gasteiger partial charge on any atom is -0.312 e. The van der Waals surface area contributed by atoms with E-state index in [4.69, 9.17) is 0 Å². The number of nitrogens with zero attached hydrogens (tertiary/aromatic N) is 1. The molecule has 2 aliphatic rings. The van der Waals surface area contributed by atoms with Gasteiger partial charge in [0.25, 0.3) is 0 Å². The highest BCUT2D eigenvalue weighted by Gasteiger charge is 2.30. The van der Waals surface area contributed by atoms with Gasteiger partial charge in [-0.2, -0.15) is 0 Å². The standard InChI is InChI=1S/C13H22N2O/c1-3-4-10-5-7-11(8-6-10)12-14-9(2)13(16)15-12/h9-11H,3-8H2,1-2H3,(H,14,15,16). The fraction of sp³-hybridized carbons (Fsp3) is 0.846. The fourth-order valence-corrected chi connectivity index (χ4v) is 2.87. The van der Waals surface area contributed by atoms with Gasteiger partial charge in [0.1, 0.15) is 11.9 Å². The molecular formula is C13H22N2O. The zero-order valence-corrected chi connectivity index (χ0v) is 10.3. The summed E-state index contributed by atoms with van der Waals surface area (Å²) in [6.07, 6.45) is 7.68. The highest BCUT2D eigenvalue weighted by atomic mass is 16.2. The van der Waals surface area contributed by atoms with Crippen LogP contribution in [0.2, 0.25) is 0 Å². The summed E-state index contributed by atoms with van der Waals surface area (Å²) in [7, 11) is 0. The quantitative estimate of drug-likeness (QED) is 0.783. The van der Waals surface area contributed by atoms with Crippen molar-refractivity contribution in [3.63, 3.8) is 0 Å². The molecule has 0 radical (unpaired) electrons. The Labute approximate surface area is 97.7 Å². The number of hydrogen-bond acceptors (Lipinski definition) is 2. The molecule has 1 heterocycles. The molecule has 3 nitrogen and oxygen atoms in total. The first-order valence-electron chi connectivity index (χ1n) is 6.59. The SMILES string of the molecule is CCCC1CCC(C2=NC(C)C(=O)N2)CC1. The van der Waals surface area contributed by atoms with Crippen molar-refractivity contribution in [2.24, 2.45) is 16.8 Å². The molecule has 0 aromatic carbocycles. The Morgan fingerprint density at radius 2 is 2.00 bits per heavy atom. The first-order valence-corrected chi connectivity index (χ1v) is 6.59. The third-order valence-corrected chi connectivity index (χ3v) is 3.89. The first kappa shape index (κ1) is 11.6. The van der Waals surface area contributed by atoms with Crippen LogP contribution in [-0.2, 0) is 4.79 Å². The normalized spacial score (nSPS) is 34.8. The molecule has 1 atom stereocenters. The zero-order chi connectivity index (χ0) is 11.5. The molecule has 1 aliphatic heterocycles. The van der Waals surface area contributed by atoms with E-state index in [0.29, 0.717) is 5.92 Å². The second kappa shape index (κ2) is 4.98. The van der Waals surface area contributed by atoms with Gasteiger partial charge in [-0.15, -0.1) is 0 Å². The second-order valence-electron chi connectivity index (χ2n) is 5.19. The van der Waals surface area contributed by atoms with Crippen LogP contribution in [0.3, 0.4) is 0 Å². The van der Waals surface area contributed by atoms with Gasteiger partial charge in [-0.3, -0.25) is 9.79 Å². The summed E-state index contributed by atoms with van der Waals surface area (Å²) >= 11 is 0. The van der Waals surface area contributed by atoms with E-state index in [9.17, 15) is 4.79 Å². The predicted molar refractivity (Wildman–Crippen MR) is 65.4 cm³/mol. The van der Waals surface area contributed by atoms with Crippen LogP contribution in [0.15, 0.2) is 4.99 Å². The van der Waals surface area contributed by atoms with Crippen molar-refractivity contribution < 1.29 is 4.79 Å². The van der Waals surface area contributed by atoms with Crippen LogP contribution in [0.1, 0.15) is 52.4 Å². The lowest BCUT2D eigenvalue weighted by Crippen LogP contribution is -2.34. The number of aliphatic imine (C=N–C) groups is 1. The fourth-order valence-electron chi connectivity index (χ4n) is 2.87. The van der Waals surface area contributed by atoms with E-state index < -0.39 is 0 Å². The van der Waals surface area contributed by atoms with Crippen molar-refractivity contribution >= 4 is 11.7 Å². The molecule has 3 heteroatoms. The first-order chi connectivity index (χ1) is 7.70. The molecule has 0 spiro atoms.